The van der Waals surface area contributed by atoms with E-state index in [2.05, 4.69) is 20.8 Å². The first kappa shape index (κ1) is 32.4. The molecular formula is C35H56O6. The normalized spacial score (nSPS) is 36.9. The Morgan fingerprint density at radius 3 is 2.07 bits per heavy atom. The Labute approximate surface area is 248 Å². The molecule has 0 aromatic carbocycles. The van der Waals surface area contributed by atoms with Crippen molar-refractivity contribution in [1.82, 2.24) is 0 Å². The van der Waals surface area contributed by atoms with Crippen LogP contribution < -0.4 is 0 Å². The third-order valence-corrected chi connectivity index (χ3v) is 11.4. The highest BCUT2D eigenvalue weighted by molar-refractivity contribution is 6.04. The van der Waals surface area contributed by atoms with Crippen molar-refractivity contribution in [3.63, 3.8) is 0 Å². The summed E-state index contributed by atoms with van der Waals surface area (Å²) < 4.78 is 6.33. The fraction of sp³-hybridized carbons (Fsp3) is 0.829. The highest BCUT2D eigenvalue weighted by atomic mass is 16.6. The summed E-state index contributed by atoms with van der Waals surface area (Å²) in [6.45, 7) is 9.79. The Balaban J connectivity index is 1.33. The van der Waals surface area contributed by atoms with E-state index in [0.29, 0.717) is 24.0 Å². The molecule has 41 heavy (non-hydrogen) atoms. The molecule has 6 nitrogen and oxygen atoms in total. The molecule has 0 unspecified atom stereocenters. The van der Waals surface area contributed by atoms with Crippen molar-refractivity contribution in [2.24, 2.45) is 29.1 Å². The second-order valence-electron chi connectivity index (χ2n) is 14.5. The van der Waals surface area contributed by atoms with Crippen LogP contribution in [0.4, 0.5) is 0 Å². The lowest BCUT2D eigenvalue weighted by Gasteiger charge is -2.50. The number of rotatable bonds is 15. The Bertz CT molecular complexity index is 1030. The maximum atomic E-state index is 13.1. The molecule has 2 fully saturated rings. The number of ether oxygens (including phenoxy) is 1. The van der Waals surface area contributed by atoms with Gasteiger partial charge in [-0.2, -0.15) is 0 Å². The van der Waals surface area contributed by atoms with Gasteiger partial charge >= 0.3 is 5.97 Å². The van der Waals surface area contributed by atoms with E-state index >= 15 is 0 Å². The van der Waals surface area contributed by atoms with Crippen molar-refractivity contribution >= 4 is 11.8 Å². The first-order valence-electron chi connectivity index (χ1n) is 16.6. The molecule has 0 saturated heterocycles. The minimum Gasteiger partial charge on any atom is -0.458 e. The van der Waals surface area contributed by atoms with Crippen LogP contribution in [0.2, 0.25) is 0 Å². The summed E-state index contributed by atoms with van der Waals surface area (Å²) in [6, 6.07) is 0. The highest BCUT2D eigenvalue weighted by Crippen LogP contribution is 2.76. The zero-order valence-electron chi connectivity index (χ0n) is 26.3. The minimum absolute atomic E-state index is 0.00522. The second-order valence-corrected chi connectivity index (χ2v) is 14.5. The van der Waals surface area contributed by atoms with Gasteiger partial charge in [0.2, 0.25) is 0 Å². The van der Waals surface area contributed by atoms with E-state index in [1.165, 1.54) is 57.8 Å². The number of unbranched alkanes of at least 4 members (excludes halogenated alkanes) is 11. The van der Waals surface area contributed by atoms with E-state index in [-0.39, 0.29) is 42.0 Å². The molecule has 3 N–H and O–H groups in total. The largest absolute Gasteiger partial charge is 0.458 e. The Hall–Kier alpha value is -1.50. The first-order valence-corrected chi connectivity index (χ1v) is 16.6. The van der Waals surface area contributed by atoms with E-state index in [9.17, 15) is 24.9 Å². The molecule has 0 heterocycles. The van der Waals surface area contributed by atoms with Crippen LogP contribution in [0.5, 0.6) is 0 Å². The maximum Gasteiger partial charge on any atom is 0.306 e. The molecule has 232 valence electrons. The monoisotopic (exact) mass is 572 g/mol. The minimum atomic E-state index is -1.76. The zero-order valence-corrected chi connectivity index (χ0v) is 26.3. The lowest BCUT2D eigenvalue weighted by Crippen LogP contribution is -2.61. The van der Waals surface area contributed by atoms with Crippen LogP contribution in [0, 0.1) is 29.1 Å². The van der Waals surface area contributed by atoms with E-state index < -0.39 is 28.6 Å². The molecule has 6 heteroatoms. The molecule has 4 aliphatic rings. The number of fused-ring (bicyclic) bond motifs is 5. The number of esters is 1. The average molecular weight is 573 g/mol. The van der Waals surface area contributed by atoms with E-state index in [1.807, 2.05) is 13.0 Å². The number of hydrogen-bond donors (Lipinski definition) is 3. The molecule has 2 saturated carbocycles. The topological polar surface area (TPSA) is 104 Å². The predicted octanol–water partition coefficient (Wildman–Crippen LogP) is 6.60. The second kappa shape index (κ2) is 12.6. The Kier molecular flexibility index (Phi) is 9.98. The summed E-state index contributed by atoms with van der Waals surface area (Å²) in [6.07, 6.45) is 19.4. The van der Waals surface area contributed by atoms with Gasteiger partial charge in [-0.3, -0.25) is 9.59 Å². The van der Waals surface area contributed by atoms with Crippen LogP contribution in [0.15, 0.2) is 23.3 Å². The van der Waals surface area contributed by atoms with Gasteiger partial charge in [-0.1, -0.05) is 110 Å². The number of carbonyl (C=O) groups is 2. The number of aliphatic hydroxyl groups is 3. The first-order chi connectivity index (χ1) is 19.4. The van der Waals surface area contributed by atoms with Crippen LogP contribution in [-0.4, -0.2) is 50.5 Å². The molecule has 0 aromatic heterocycles. The quantitative estimate of drug-likeness (QED) is 0.116. The van der Waals surface area contributed by atoms with Gasteiger partial charge in [0.15, 0.2) is 5.78 Å². The van der Waals surface area contributed by atoms with Crippen molar-refractivity contribution in [2.45, 2.75) is 148 Å². The average Bonchev–Trinajstić information content (AvgIpc) is 3.33. The lowest BCUT2D eigenvalue weighted by atomic mass is 9.60. The van der Waals surface area contributed by atoms with Gasteiger partial charge in [-0.15, -0.1) is 0 Å². The predicted molar refractivity (Wildman–Crippen MR) is 161 cm³/mol. The summed E-state index contributed by atoms with van der Waals surface area (Å²) in [5.74, 6) is -2.25. The lowest BCUT2D eigenvalue weighted by molar-refractivity contribution is -0.187. The Morgan fingerprint density at radius 1 is 0.951 bits per heavy atom. The number of Topliss-reactive ketones (excluding diaryl/α,β-unsaturated/α-hetero) is 1. The van der Waals surface area contributed by atoms with E-state index in [0.717, 1.165) is 19.3 Å². The highest BCUT2D eigenvalue weighted by Gasteiger charge is 2.83. The molecule has 0 bridgehead atoms. The summed E-state index contributed by atoms with van der Waals surface area (Å²) in [5.41, 5.74) is -3.20. The van der Waals surface area contributed by atoms with Crippen LogP contribution in [0.1, 0.15) is 131 Å². The van der Waals surface area contributed by atoms with Crippen LogP contribution in [0.3, 0.4) is 0 Å². The SMILES string of the molecule is CCCCCCCCCCCCCCC(=O)O[C@@]12C[C@@H](C)[C@@]3(O)[C@@H](C=C(CO)C[C@@]4(O)C(=O)C(C)=C[C@@H]34)[C@@H]1C2(C)C. The Morgan fingerprint density at radius 2 is 1.51 bits per heavy atom. The van der Waals surface area contributed by atoms with Gasteiger partial charge in [0, 0.05) is 36.0 Å². The molecule has 4 rings (SSSR count). The fourth-order valence-corrected chi connectivity index (χ4v) is 8.96. The number of aliphatic hydroxyl groups excluding tert-OH is 1. The van der Waals surface area contributed by atoms with E-state index in [1.54, 1.807) is 13.0 Å². The van der Waals surface area contributed by atoms with Gasteiger partial charge in [-0.05, 0) is 36.8 Å². The standard InChI is InChI=1S/C35H56O6/c1-6-7-8-9-10-11-12-13-14-15-16-17-18-29(37)41-34-21-25(3)35(40)27(30(34)32(34,4)5)20-26(23-36)22-33(39)28(35)19-24(2)31(33)38/h19-20,25,27-28,30,36,39-40H,6-18,21-23H2,1-5H3/t25-,27+,28-,30-,33+,34+,35-/m1/s1. The molecular weight excluding hydrogens is 516 g/mol. The summed E-state index contributed by atoms with van der Waals surface area (Å²) >= 11 is 0. The van der Waals surface area contributed by atoms with Crippen LogP contribution in [-0.2, 0) is 14.3 Å². The van der Waals surface area contributed by atoms with Gasteiger partial charge in [0.05, 0.1) is 12.2 Å². The zero-order chi connectivity index (χ0) is 30.1. The molecule has 0 aliphatic heterocycles. The van der Waals surface area contributed by atoms with Crippen molar-refractivity contribution in [3.8, 4) is 0 Å². The van der Waals surface area contributed by atoms with Gasteiger partial charge in [0.1, 0.15) is 11.2 Å². The number of hydrogen-bond acceptors (Lipinski definition) is 6. The van der Waals surface area contributed by atoms with Crippen molar-refractivity contribution in [1.29, 1.82) is 0 Å². The molecule has 4 aliphatic carbocycles. The van der Waals surface area contributed by atoms with Gasteiger partial charge in [-0.25, -0.2) is 0 Å². The fourth-order valence-electron chi connectivity index (χ4n) is 8.96. The smallest absolute Gasteiger partial charge is 0.306 e. The van der Waals surface area contributed by atoms with Crippen LogP contribution in [0.25, 0.3) is 0 Å². The van der Waals surface area contributed by atoms with Gasteiger partial charge in [0.25, 0.3) is 0 Å². The van der Waals surface area contributed by atoms with Crippen LogP contribution >= 0.6 is 0 Å². The number of carbonyl (C=O) groups excluding carboxylic acids is 2. The van der Waals surface area contributed by atoms with Crippen molar-refractivity contribution < 1.29 is 29.6 Å². The summed E-state index contributed by atoms with van der Waals surface area (Å²) in [4.78, 5) is 26.2. The van der Waals surface area contributed by atoms with Gasteiger partial charge < -0.3 is 20.1 Å². The summed E-state index contributed by atoms with van der Waals surface area (Å²) in [7, 11) is 0. The molecule has 0 aromatic rings. The summed E-state index contributed by atoms with van der Waals surface area (Å²) in [5, 5.41) is 34.2. The van der Waals surface area contributed by atoms with Crippen molar-refractivity contribution in [3.05, 3.63) is 23.3 Å². The maximum absolute atomic E-state index is 13.1. The number of ketones is 1. The molecule has 0 radical (unpaired) electrons. The third kappa shape index (κ3) is 5.74. The van der Waals surface area contributed by atoms with E-state index in [4.69, 9.17) is 4.74 Å². The molecule has 0 spiro atoms. The third-order valence-electron chi connectivity index (χ3n) is 11.4. The van der Waals surface area contributed by atoms with Crippen molar-refractivity contribution in [2.75, 3.05) is 6.61 Å². The molecule has 0 amide bonds. The molecule has 7 atom stereocenters.